The highest BCUT2D eigenvalue weighted by Gasteiger charge is 2.23. The van der Waals surface area contributed by atoms with Crippen LogP contribution in [0.2, 0.25) is 0 Å². The maximum absolute atomic E-state index is 13.6. The maximum atomic E-state index is 13.6. The summed E-state index contributed by atoms with van der Waals surface area (Å²) in [4.78, 5) is 24.6. The number of carbonyl (C=O) groups is 1. The zero-order valence-electron chi connectivity index (χ0n) is 12.5. The Bertz CT molecular complexity index is 687. The summed E-state index contributed by atoms with van der Waals surface area (Å²) in [6.07, 6.45) is 3.51. The van der Waals surface area contributed by atoms with Crippen LogP contribution in [0.25, 0.3) is 0 Å². The third-order valence-corrected chi connectivity index (χ3v) is 4.23. The smallest absolute Gasteiger partial charge is 0.227 e. The number of rotatable bonds is 3. The molecule has 3 rings (SSSR count). The highest BCUT2D eigenvalue weighted by atomic mass is 79.9. The molecule has 1 amide bonds. The predicted octanol–water partition coefficient (Wildman–Crippen LogP) is 2.27. The number of aromatic nitrogens is 2. The molecule has 1 aromatic heterocycles. The van der Waals surface area contributed by atoms with Crippen LogP contribution in [0.5, 0.6) is 0 Å². The van der Waals surface area contributed by atoms with Crippen LogP contribution in [0.1, 0.15) is 5.56 Å². The second-order valence-electron chi connectivity index (χ2n) is 5.34. The quantitative estimate of drug-likeness (QED) is 0.821. The average molecular weight is 379 g/mol. The van der Waals surface area contributed by atoms with E-state index in [2.05, 4.69) is 25.9 Å². The first-order valence-corrected chi connectivity index (χ1v) is 8.16. The molecule has 0 spiro atoms. The lowest BCUT2D eigenvalue weighted by Gasteiger charge is -2.34. The minimum Gasteiger partial charge on any atom is -0.339 e. The van der Waals surface area contributed by atoms with Crippen molar-refractivity contribution < 1.29 is 9.18 Å². The number of piperazine rings is 1. The van der Waals surface area contributed by atoms with Crippen LogP contribution in [0, 0.1) is 5.82 Å². The van der Waals surface area contributed by atoms with E-state index >= 15 is 0 Å². The Morgan fingerprint density at radius 2 is 1.78 bits per heavy atom. The van der Waals surface area contributed by atoms with Crippen molar-refractivity contribution in [3.05, 3.63) is 52.5 Å². The topological polar surface area (TPSA) is 49.3 Å². The average Bonchev–Trinajstić information content (AvgIpc) is 2.58. The van der Waals surface area contributed by atoms with E-state index in [0.717, 1.165) is 4.47 Å². The lowest BCUT2D eigenvalue weighted by Crippen LogP contribution is -2.49. The number of hydrogen-bond donors (Lipinski definition) is 0. The molecule has 1 fully saturated rings. The summed E-state index contributed by atoms with van der Waals surface area (Å²) in [7, 11) is 0. The second kappa shape index (κ2) is 7.04. The standard InChI is InChI=1S/C16H16BrFN4O/c17-13-10-19-16(20-11-13)22-7-5-21(6-8-22)15(23)9-12-3-1-2-4-14(12)18/h1-4,10-11H,5-9H2. The number of anilines is 1. The molecule has 0 saturated carbocycles. The van der Waals surface area contributed by atoms with Gasteiger partial charge in [-0.05, 0) is 27.6 Å². The van der Waals surface area contributed by atoms with E-state index in [1.54, 1.807) is 35.5 Å². The van der Waals surface area contributed by atoms with Crippen molar-refractivity contribution in [2.24, 2.45) is 0 Å². The summed E-state index contributed by atoms with van der Waals surface area (Å²) in [5.41, 5.74) is 0.441. The molecule has 0 atom stereocenters. The van der Waals surface area contributed by atoms with Gasteiger partial charge >= 0.3 is 0 Å². The van der Waals surface area contributed by atoms with E-state index in [1.165, 1.54) is 6.07 Å². The number of carbonyl (C=O) groups excluding carboxylic acids is 1. The minimum absolute atomic E-state index is 0.0496. The molecule has 1 aromatic carbocycles. The molecule has 7 heteroatoms. The summed E-state index contributed by atoms with van der Waals surface area (Å²) in [6, 6.07) is 6.40. The summed E-state index contributed by atoms with van der Waals surface area (Å²) in [5.74, 6) is 0.281. The molecule has 0 N–H and O–H groups in total. The molecule has 1 aliphatic rings. The summed E-state index contributed by atoms with van der Waals surface area (Å²) in [6.45, 7) is 2.52. The SMILES string of the molecule is O=C(Cc1ccccc1F)N1CCN(c2ncc(Br)cn2)CC1. The van der Waals surface area contributed by atoms with Crippen molar-refractivity contribution in [2.45, 2.75) is 6.42 Å². The van der Waals surface area contributed by atoms with Gasteiger partial charge in [-0.25, -0.2) is 14.4 Å². The van der Waals surface area contributed by atoms with Gasteiger partial charge in [0, 0.05) is 38.6 Å². The molecule has 2 aromatic rings. The predicted molar refractivity (Wildman–Crippen MR) is 88.6 cm³/mol. The van der Waals surface area contributed by atoms with Gasteiger partial charge in [0.15, 0.2) is 0 Å². The summed E-state index contributed by atoms with van der Waals surface area (Å²) in [5, 5.41) is 0. The fourth-order valence-electron chi connectivity index (χ4n) is 2.54. The summed E-state index contributed by atoms with van der Waals surface area (Å²) < 4.78 is 14.5. The zero-order valence-corrected chi connectivity index (χ0v) is 14.0. The van der Waals surface area contributed by atoms with E-state index in [0.29, 0.717) is 37.7 Å². The van der Waals surface area contributed by atoms with Gasteiger partial charge in [-0.15, -0.1) is 0 Å². The van der Waals surface area contributed by atoms with Gasteiger partial charge in [0.25, 0.3) is 0 Å². The van der Waals surface area contributed by atoms with Crippen molar-refractivity contribution in [2.75, 3.05) is 31.1 Å². The maximum Gasteiger partial charge on any atom is 0.227 e. The zero-order chi connectivity index (χ0) is 16.2. The van der Waals surface area contributed by atoms with Gasteiger partial charge in [0.1, 0.15) is 5.82 Å². The number of hydrogen-bond acceptors (Lipinski definition) is 4. The lowest BCUT2D eigenvalue weighted by molar-refractivity contribution is -0.130. The molecule has 120 valence electrons. The first kappa shape index (κ1) is 15.9. The van der Waals surface area contributed by atoms with Gasteiger partial charge in [-0.1, -0.05) is 18.2 Å². The van der Waals surface area contributed by atoms with E-state index in [9.17, 15) is 9.18 Å². The molecule has 1 saturated heterocycles. The van der Waals surface area contributed by atoms with E-state index < -0.39 is 0 Å². The third-order valence-electron chi connectivity index (χ3n) is 3.82. The van der Waals surface area contributed by atoms with Gasteiger partial charge in [0.2, 0.25) is 11.9 Å². The second-order valence-corrected chi connectivity index (χ2v) is 6.25. The Morgan fingerprint density at radius 3 is 2.43 bits per heavy atom. The van der Waals surface area contributed by atoms with E-state index in [1.807, 2.05) is 4.90 Å². The fraction of sp³-hybridized carbons (Fsp3) is 0.312. The third kappa shape index (κ3) is 3.85. The molecule has 2 heterocycles. The molecule has 0 radical (unpaired) electrons. The highest BCUT2D eigenvalue weighted by molar-refractivity contribution is 9.10. The van der Waals surface area contributed by atoms with Gasteiger partial charge in [-0.2, -0.15) is 0 Å². The first-order chi connectivity index (χ1) is 11.1. The monoisotopic (exact) mass is 378 g/mol. The Kier molecular flexibility index (Phi) is 4.85. The fourth-order valence-corrected chi connectivity index (χ4v) is 2.75. The van der Waals surface area contributed by atoms with Crippen LogP contribution in [-0.2, 0) is 11.2 Å². The highest BCUT2D eigenvalue weighted by Crippen LogP contribution is 2.15. The van der Waals surface area contributed by atoms with Crippen LogP contribution in [0.3, 0.4) is 0 Å². The molecule has 0 bridgehead atoms. The van der Waals surface area contributed by atoms with Crippen molar-refractivity contribution >= 4 is 27.8 Å². The summed E-state index contributed by atoms with van der Waals surface area (Å²) >= 11 is 3.31. The van der Waals surface area contributed by atoms with Crippen LogP contribution in [0.4, 0.5) is 10.3 Å². The van der Waals surface area contributed by atoms with E-state index in [-0.39, 0.29) is 18.1 Å². The molecule has 0 unspecified atom stereocenters. The van der Waals surface area contributed by atoms with Crippen LogP contribution >= 0.6 is 15.9 Å². The van der Waals surface area contributed by atoms with Gasteiger partial charge in [0.05, 0.1) is 10.9 Å². The molecule has 23 heavy (non-hydrogen) atoms. The minimum atomic E-state index is -0.331. The number of benzene rings is 1. The van der Waals surface area contributed by atoms with Crippen molar-refractivity contribution in [3.63, 3.8) is 0 Å². The van der Waals surface area contributed by atoms with Crippen LogP contribution in [-0.4, -0.2) is 47.0 Å². The van der Waals surface area contributed by atoms with Gasteiger partial charge < -0.3 is 9.80 Å². The Balaban J connectivity index is 1.57. The van der Waals surface area contributed by atoms with Crippen LogP contribution < -0.4 is 4.90 Å². The van der Waals surface area contributed by atoms with Gasteiger partial charge in [-0.3, -0.25) is 4.79 Å². The molecule has 1 aliphatic heterocycles. The van der Waals surface area contributed by atoms with Crippen molar-refractivity contribution in [3.8, 4) is 0 Å². The van der Waals surface area contributed by atoms with Crippen molar-refractivity contribution in [1.29, 1.82) is 0 Å². The molecular formula is C16H16BrFN4O. The first-order valence-electron chi connectivity index (χ1n) is 7.37. The number of amides is 1. The Morgan fingerprint density at radius 1 is 1.13 bits per heavy atom. The lowest BCUT2D eigenvalue weighted by atomic mass is 10.1. The molecular weight excluding hydrogens is 363 g/mol. The Hall–Kier alpha value is -2.02. The van der Waals surface area contributed by atoms with Crippen LogP contribution in [0.15, 0.2) is 41.1 Å². The van der Waals surface area contributed by atoms with E-state index in [4.69, 9.17) is 0 Å². The normalized spacial score (nSPS) is 14.9. The Labute approximate surface area is 142 Å². The number of halogens is 2. The molecule has 0 aliphatic carbocycles. The number of nitrogens with zero attached hydrogens (tertiary/aromatic N) is 4. The van der Waals surface area contributed by atoms with Crippen molar-refractivity contribution in [1.82, 2.24) is 14.9 Å². The molecule has 5 nitrogen and oxygen atoms in total. The largest absolute Gasteiger partial charge is 0.339 e.